The van der Waals surface area contributed by atoms with E-state index in [0.717, 1.165) is 0 Å². The minimum atomic E-state index is -0.585. The van der Waals surface area contributed by atoms with Gasteiger partial charge in [0.25, 0.3) is 0 Å². The SMILES string of the molecule is CC(C)(C)OC(=O)NCC(CN)c1c(F)cccc1Cl. The molecule has 6 heteroatoms. The van der Waals surface area contributed by atoms with Crippen LogP contribution in [0.5, 0.6) is 0 Å². The molecule has 0 fully saturated rings. The van der Waals surface area contributed by atoms with Gasteiger partial charge < -0.3 is 15.8 Å². The van der Waals surface area contributed by atoms with E-state index in [4.69, 9.17) is 22.1 Å². The van der Waals surface area contributed by atoms with Gasteiger partial charge in [-0.05, 0) is 32.9 Å². The molecule has 0 aliphatic heterocycles. The zero-order valence-electron chi connectivity index (χ0n) is 11.9. The molecule has 20 heavy (non-hydrogen) atoms. The van der Waals surface area contributed by atoms with Crippen LogP contribution >= 0.6 is 11.6 Å². The van der Waals surface area contributed by atoms with Crippen LogP contribution in [0, 0.1) is 5.82 Å². The van der Waals surface area contributed by atoms with Gasteiger partial charge >= 0.3 is 6.09 Å². The fraction of sp³-hybridized carbons (Fsp3) is 0.500. The van der Waals surface area contributed by atoms with Crippen molar-refractivity contribution in [1.29, 1.82) is 0 Å². The summed E-state index contributed by atoms with van der Waals surface area (Å²) in [5, 5.41) is 2.87. The number of carbonyl (C=O) groups is 1. The van der Waals surface area contributed by atoms with E-state index >= 15 is 0 Å². The number of amides is 1. The number of nitrogens with two attached hydrogens (primary N) is 1. The Morgan fingerprint density at radius 3 is 2.65 bits per heavy atom. The molecular weight excluding hydrogens is 283 g/mol. The van der Waals surface area contributed by atoms with Crippen LogP contribution in [0.4, 0.5) is 9.18 Å². The van der Waals surface area contributed by atoms with E-state index in [1.165, 1.54) is 12.1 Å². The molecule has 0 aliphatic carbocycles. The third-order valence-electron chi connectivity index (χ3n) is 2.58. The predicted molar refractivity (Wildman–Crippen MR) is 77.4 cm³/mol. The van der Waals surface area contributed by atoms with Crippen LogP contribution in [0.2, 0.25) is 5.02 Å². The van der Waals surface area contributed by atoms with E-state index in [9.17, 15) is 9.18 Å². The average molecular weight is 303 g/mol. The number of hydrogen-bond acceptors (Lipinski definition) is 3. The van der Waals surface area contributed by atoms with Crippen LogP contribution in [-0.2, 0) is 4.74 Å². The normalized spacial score (nSPS) is 12.9. The van der Waals surface area contributed by atoms with Crippen molar-refractivity contribution in [2.45, 2.75) is 32.3 Å². The summed E-state index contributed by atoms with van der Waals surface area (Å²) < 4.78 is 18.9. The van der Waals surface area contributed by atoms with Gasteiger partial charge in [0.15, 0.2) is 0 Å². The lowest BCUT2D eigenvalue weighted by Crippen LogP contribution is -2.36. The number of alkyl carbamates (subject to hydrolysis) is 1. The average Bonchev–Trinajstić information content (AvgIpc) is 2.30. The third-order valence-corrected chi connectivity index (χ3v) is 2.91. The Labute approximate surface area is 123 Å². The Balaban J connectivity index is 2.71. The molecule has 1 unspecified atom stereocenters. The highest BCUT2D eigenvalue weighted by atomic mass is 35.5. The van der Waals surface area contributed by atoms with Gasteiger partial charge in [0.05, 0.1) is 0 Å². The van der Waals surface area contributed by atoms with E-state index in [-0.39, 0.29) is 13.1 Å². The lowest BCUT2D eigenvalue weighted by atomic mass is 9.98. The van der Waals surface area contributed by atoms with E-state index in [1.54, 1.807) is 26.8 Å². The summed E-state index contributed by atoms with van der Waals surface area (Å²) in [4.78, 5) is 11.6. The summed E-state index contributed by atoms with van der Waals surface area (Å²) >= 11 is 5.99. The second kappa shape index (κ2) is 6.90. The Morgan fingerprint density at radius 2 is 2.15 bits per heavy atom. The van der Waals surface area contributed by atoms with Gasteiger partial charge in [0.1, 0.15) is 11.4 Å². The summed E-state index contributed by atoms with van der Waals surface area (Å²) in [6, 6.07) is 4.43. The molecule has 4 nitrogen and oxygen atoms in total. The van der Waals surface area contributed by atoms with Crippen LogP contribution in [0.1, 0.15) is 32.3 Å². The number of carbonyl (C=O) groups excluding carboxylic acids is 1. The Hall–Kier alpha value is -1.33. The molecule has 0 bridgehead atoms. The molecule has 0 saturated carbocycles. The maximum absolute atomic E-state index is 13.8. The molecule has 112 valence electrons. The smallest absolute Gasteiger partial charge is 0.407 e. The molecule has 1 rings (SSSR count). The fourth-order valence-electron chi connectivity index (χ4n) is 1.72. The minimum absolute atomic E-state index is 0.159. The monoisotopic (exact) mass is 302 g/mol. The minimum Gasteiger partial charge on any atom is -0.444 e. The van der Waals surface area contributed by atoms with Gasteiger partial charge in [-0.25, -0.2) is 9.18 Å². The van der Waals surface area contributed by atoms with E-state index < -0.39 is 23.4 Å². The van der Waals surface area contributed by atoms with Gasteiger partial charge in [0.2, 0.25) is 0 Å². The van der Waals surface area contributed by atoms with E-state index in [1.807, 2.05) is 0 Å². The summed E-state index contributed by atoms with van der Waals surface area (Å²) in [6.07, 6.45) is -0.566. The van der Waals surface area contributed by atoms with Crippen molar-refractivity contribution in [2.24, 2.45) is 5.73 Å². The van der Waals surface area contributed by atoms with Gasteiger partial charge in [-0.3, -0.25) is 0 Å². The van der Waals surface area contributed by atoms with E-state index in [2.05, 4.69) is 5.32 Å². The van der Waals surface area contributed by atoms with Crippen LogP contribution in [0.25, 0.3) is 0 Å². The van der Waals surface area contributed by atoms with Gasteiger partial charge in [-0.1, -0.05) is 17.7 Å². The lowest BCUT2D eigenvalue weighted by Gasteiger charge is -2.22. The number of nitrogens with one attached hydrogen (secondary N) is 1. The lowest BCUT2D eigenvalue weighted by molar-refractivity contribution is 0.0524. The van der Waals surface area contributed by atoms with Crippen molar-refractivity contribution in [3.63, 3.8) is 0 Å². The molecule has 0 spiro atoms. The van der Waals surface area contributed by atoms with Crippen molar-refractivity contribution in [1.82, 2.24) is 5.32 Å². The van der Waals surface area contributed by atoms with Gasteiger partial charge in [0, 0.05) is 29.6 Å². The number of hydrogen-bond donors (Lipinski definition) is 2. The highest BCUT2D eigenvalue weighted by Crippen LogP contribution is 2.26. The van der Waals surface area contributed by atoms with E-state index in [0.29, 0.717) is 10.6 Å². The van der Waals surface area contributed by atoms with Crippen molar-refractivity contribution >= 4 is 17.7 Å². The molecule has 0 aliphatic rings. The zero-order chi connectivity index (χ0) is 15.3. The highest BCUT2D eigenvalue weighted by Gasteiger charge is 2.21. The predicted octanol–water partition coefficient (Wildman–Crippen LogP) is 3.05. The van der Waals surface area contributed by atoms with Gasteiger partial charge in [-0.2, -0.15) is 0 Å². The molecule has 1 amide bonds. The molecule has 1 aromatic carbocycles. The van der Waals surface area contributed by atoms with Crippen molar-refractivity contribution < 1.29 is 13.9 Å². The Bertz CT molecular complexity index is 454. The van der Waals surface area contributed by atoms with Crippen LogP contribution < -0.4 is 11.1 Å². The first-order valence-electron chi connectivity index (χ1n) is 6.35. The summed E-state index contributed by atoms with van der Waals surface area (Å²) in [6.45, 7) is 5.62. The molecule has 0 saturated heterocycles. The summed E-state index contributed by atoms with van der Waals surface area (Å²) in [7, 11) is 0. The molecule has 3 N–H and O–H groups in total. The number of rotatable bonds is 4. The Kier molecular flexibility index (Phi) is 5.77. The maximum atomic E-state index is 13.8. The fourth-order valence-corrected chi connectivity index (χ4v) is 2.04. The molecule has 0 aromatic heterocycles. The molecule has 1 aromatic rings. The zero-order valence-corrected chi connectivity index (χ0v) is 12.6. The molecule has 0 heterocycles. The molecular formula is C14H20ClFN2O2. The Morgan fingerprint density at radius 1 is 1.50 bits per heavy atom. The van der Waals surface area contributed by atoms with Gasteiger partial charge in [-0.15, -0.1) is 0 Å². The van der Waals surface area contributed by atoms with Crippen LogP contribution in [0.15, 0.2) is 18.2 Å². The van der Waals surface area contributed by atoms with Crippen molar-refractivity contribution in [2.75, 3.05) is 13.1 Å². The second-order valence-electron chi connectivity index (χ2n) is 5.45. The summed E-state index contributed by atoms with van der Waals surface area (Å²) in [5.74, 6) is -0.838. The standard InChI is InChI=1S/C14H20ClFN2O2/c1-14(2,3)20-13(19)18-8-9(7-17)12-10(15)5-4-6-11(12)16/h4-6,9H,7-8,17H2,1-3H3,(H,18,19). The first-order chi connectivity index (χ1) is 9.24. The topological polar surface area (TPSA) is 64.3 Å². The van der Waals surface area contributed by atoms with Crippen molar-refractivity contribution in [3.8, 4) is 0 Å². The largest absolute Gasteiger partial charge is 0.444 e. The number of benzene rings is 1. The highest BCUT2D eigenvalue weighted by molar-refractivity contribution is 6.31. The molecule has 0 radical (unpaired) electrons. The maximum Gasteiger partial charge on any atom is 0.407 e. The number of halogens is 2. The molecule has 1 atom stereocenters. The van der Waals surface area contributed by atoms with Crippen LogP contribution in [0.3, 0.4) is 0 Å². The quantitative estimate of drug-likeness (QED) is 0.898. The summed E-state index contributed by atoms with van der Waals surface area (Å²) in [5.41, 5.74) is 5.37. The first kappa shape index (κ1) is 16.7. The third kappa shape index (κ3) is 4.98. The second-order valence-corrected chi connectivity index (χ2v) is 5.86. The van der Waals surface area contributed by atoms with Crippen LogP contribution in [-0.4, -0.2) is 24.8 Å². The van der Waals surface area contributed by atoms with Crippen molar-refractivity contribution in [3.05, 3.63) is 34.6 Å². The first-order valence-corrected chi connectivity index (χ1v) is 6.73. The number of ether oxygens (including phenoxy) is 1.